The standard InChI is InChI=1S/C26H33N3O6S/c1-17-14-29(18(2)16-30)26(32)22-13-20(27-25(31)19-9-10-19)11-12-23(22)35-24(17)15-28(3)36(33,34)21-7-5-4-6-8-21/h4-8,11-13,17-19,24,30H,9-10,14-16H2,1-3H3,(H,27,31)/t17-,18-,24+/m1/s1. The molecule has 0 bridgehead atoms. The molecule has 0 radical (unpaired) electrons. The molecule has 1 aliphatic carbocycles. The smallest absolute Gasteiger partial charge is 0.258 e. The third kappa shape index (κ3) is 5.55. The van der Waals surface area contributed by atoms with Gasteiger partial charge in [-0.15, -0.1) is 0 Å². The van der Waals surface area contributed by atoms with Crippen LogP contribution in [0.15, 0.2) is 53.4 Å². The third-order valence-electron chi connectivity index (χ3n) is 6.77. The summed E-state index contributed by atoms with van der Waals surface area (Å²) < 4.78 is 33.8. The first-order chi connectivity index (χ1) is 17.1. The number of fused-ring (bicyclic) bond motifs is 1. The number of amides is 2. The topological polar surface area (TPSA) is 116 Å². The fourth-order valence-electron chi connectivity index (χ4n) is 4.23. The summed E-state index contributed by atoms with van der Waals surface area (Å²) in [7, 11) is -2.23. The predicted octanol–water partition coefficient (Wildman–Crippen LogP) is 2.58. The predicted molar refractivity (Wildman–Crippen MR) is 135 cm³/mol. The van der Waals surface area contributed by atoms with Gasteiger partial charge in [0.15, 0.2) is 0 Å². The minimum atomic E-state index is -3.74. The lowest BCUT2D eigenvalue weighted by Crippen LogP contribution is -2.50. The first-order valence-corrected chi connectivity index (χ1v) is 13.6. The van der Waals surface area contributed by atoms with Gasteiger partial charge in [0.05, 0.1) is 29.7 Å². The number of aliphatic hydroxyl groups is 1. The van der Waals surface area contributed by atoms with Crippen LogP contribution in [-0.2, 0) is 14.8 Å². The molecule has 2 amide bonds. The van der Waals surface area contributed by atoms with Crippen LogP contribution in [0.2, 0.25) is 0 Å². The van der Waals surface area contributed by atoms with E-state index in [0.717, 1.165) is 12.8 Å². The number of aliphatic hydroxyl groups excluding tert-OH is 1. The lowest BCUT2D eigenvalue weighted by molar-refractivity contribution is -0.117. The van der Waals surface area contributed by atoms with Crippen molar-refractivity contribution >= 4 is 27.5 Å². The molecule has 0 aromatic heterocycles. The summed E-state index contributed by atoms with van der Waals surface area (Å²) in [4.78, 5) is 27.5. The molecule has 2 aromatic rings. The second-order valence-corrected chi connectivity index (χ2v) is 11.7. The van der Waals surface area contributed by atoms with Crippen molar-refractivity contribution in [2.45, 2.75) is 43.7 Å². The highest BCUT2D eigenvalue weighted by Gasteiger charge is 2.36. The van der Waals surface area contributed by atoms with E-state index >= 15 is 0 Å². The van der Waals surface area contributed by atoms with Gasteiger partial charge >= 0.3 is 0 Å². The fourth-order valence-corrected chi connectivity index (χ4v) is 5.44. The van der Waals surface area contributed by atoms with Gasteiger partial charge in [-0.2, -0.15) is 4.31 Å². The van der Waals surface area contributed by atoms with Gasteiger partial charge in [0.1, 0.15) is 11.9 Å². The molecule has 194 valence electrons. The van der Waals surface area contributed by atoms with E-state index in [0.29, 0.717) is 11.4 Å². The Morgan fingerprint density at radius 3 is 2.56 bits per heavy atom. The largest absolute Gasteiger partial charge is 0.488 e. The lowest BCUT2D eigenvalue weighted by atomic mass is 9.99. The summed E-state index contributed by atoms with van der Waals surface area (Å²) in [6, 6.07) is 12.6. The molecule has 3 atom stereocenters. The van der Waals surface area contributed by atoms with Crippen LogP contribution in [0.1, 0.15) is 37.0 Å². The van der Waals surface area contributed by atoms with Crippen LogP contribution < -0.4 is 10.1 Å². The van der Waals surface area contributed by atoms with Gasteiger partial charge < -0.3 is 20.1 Å². The lowest BCUT2D eigenvalue weighted by Gasteiger charge is -2.38. The van der Waals surface area contributed by atoms with E-state index < -0.39 is 22.2 Å². The number of nitrogens with zero attached hydrogens (tertiary/aromatic N) is 2. The van der Waals surface area contributed by atoms with E-state index in [2.05, 4.69) is 5.32 Å². The number of carbonyl (C=O) groups is 2. The molecule has 2 aromatic carbocycles. The zero-order chi connectivity index (χ0) is 26.0. The van der Waals surface area contributed by atoms with Gasteiger partial charge in [-0.1, -0.05) is 25.1 Å². The monoisotopic (exact) mass is 515 g/mol. The molecule has 9 nitrogen and oxygen atoms in total. The van der Waals surface area contributed by atoms with Gasteiger partial charge in [-0.05, 0) is 50.1 Å². The summed E-state index contributed by atoms with van der Waals surface area (Å²) in [5.41, 5.74) is 0.752. The van der Waals surface area contributed by atoms with Crippen LogP contribution in [0.25, 0.3) is 0 Å². The molecule has 1 saturated carbocycles. The van der Waals surface area contributed by atoms with Gasteiger partial charge in [0.25, 0.3) is 5.91 Å². The summed E-state index contributed by atoms with van der Waals surface area (Å²) in [5, 5.41) is 12.7. The normalized spacial score (nSPS) is 21.2. The summed E-state index contributed by atoms with van der Waals surface area (Å²) in [6.07, 6.45) is 1.15. The van der Waals surface area contributed by atoms with Crippen molar-refractivity contribution in [2.75, 3.05) is 32.1 Å². The van der Waals surface area contributed by atoms with E-state index in [1.54, 1.807) is 60.4 Å². The molecule has 4 rings (SSSR count). The first kappa shape index (κ1) is 26.1. The minimum absolute atomic E-state index is 0.0113. The molecule has 10 heteroatoms. The zero-order valence-electron chi connectivity index (χ0n) is 20.8. The van der Waals surface area contributed by atoms with Gasteiger partial charge in [-0.25, -0.2) is 8.42 Å². The van der Waals surface area contributed by atoms with E-state index in [9.17, 15) is 23.1 Å². The number of sulfonamides is 1. The van der Waals surface area contributed by atoms with Crippen molar-refractivity contribution in [3.05, 3.63) is 54.1 Å². The molecule has 1 fully saturated rings. The Kier molecular flexibility index (Phi) is 7.67. The molecule has 1 heterocycles. The first-order valence-electron chi connectivity index (χ1n) is 12.2. The second-order valence-electron chi connectivity index (χ2n) is 9.70. The molecular formula is C26H33N3O6S. The van der Waals surface area contributed by atoms with Crippen molar-refractivity contribution in [3.8, 4) is 5.75 Å². The highest BCUT2D eigenvalue weighted by molar-refractivity contribution is 7.89. The van der Waals surface area contributed by atoms with Gasteiger partial charge in [-0.3, -0.25) is 9.59 Å². The van der Waals surface area contributed by atoms with Crippen molar-refractivity contribution in [2.24, 2.45) is 11.8 Å². The number of likely N-dealkylation sites (N-methyl/N-ethyl adjacent to an activating group) is 1. The second kappa shape index (κ2) is 10.6. The quantitative estimate of drug-likeness (QED) is 0.558. The van der Waals surface area contributed by atoms with Gasteiger partial charge in [0, 0.05) is 31.1 Å². The molecule has 2 N–H and O–H groups in total. The number of ether oxygens (including phenoxy) is 1. The van der Waals surface area contributed by atoms with Crippen LogP contribution in [0.4, 0.5) is 5.69 Å². The van der Waals surface area contributed by atoms with Crippen molar-refractivity contribution in [3.63, 3.8) is 0 Å². The molecule has 36 heavy (non-hydrogen) atoms. The Balaban J connectivity index is 1.65. The Labute approximate surface area is 212 Å². The van der Waals surface area contributed by atoms with Crippen LogP contribution in [-0.4, -0.2) is 73.4 Å². The number of rotatable bonds is 8. The number of hydrogen-bond donors (Lipinski definition) is 2. The third-order valence-corrected chi connectivity index (χ3v) is 8.61. The number of hydrogen-bond acceptors (Lipinski definition) is 6. The molecule has 1 aliphatic heterocycles. The summed E-state index contributed by atoms with van der Waals surface area (Å²) in [6.45, 7) is 3.76. The zero-order valence-corrected chi connectivity index (χ0v) is 21.6. The number of benzene rings is 2. The fraction of sp³-hybridized carbons (Fsp3) is 0.462. The van der Waals surface area contributed by atoms with E-state index in [1.165, 1.54) is 11.4 Å². The van der Waals surface area contributed by atoms with Crippen LogP contribution >= 0.6 is 0 Å². The van der Waals surface area contributed by atoms with Crippen molar-refractivity contribution in [1.82, 2.24) is 9.21 Å². The molecular weight excluding hydrogens is 482 g/mol. The summed E-state index contributed by atoms with van der Waals surface area (Å²) in [5.74, 6) is -0.309. The average Bonchev–Trinajstić information content (AvgIpc) is 3.72. The van der Waals surface area contributed by atoms with E-state index in [-0.39, 0.29) is 53.8 Å². The SMILES string of the molecule is C[C@@H]1CN([C@H](C)CO)C(=O)c2cc(NC(=O)C3CC3)ccc2O[C@H]1CN(C)S(=O)(=O)c1ccccc1. The average molecular weight is 516 g/mol. The number of carbonyl (C=O) groups excluding carboxylic acids is 2. The highest BCUT2D eigenvalue weighted by Crippen LogP contribution is 2.33. The Morgan fingerprint density at radius 2 is 1.92 bits per heavy atom. The Bertz CT molecular complexity index is 1220. The maximum atomic E-state index is 13.5. The number of anilines is 1. The Morgan fingerprint density at radius 1 is 1.22 bits per heavy atom. The number of nitrogens with one attached hydrogen (secondary N) is 1. The van der Waals surface area contributed by atoms with E-state index in [4.69, 9.17) is 4.74 Å². The molecule has 2 aliphatic rings. The van der Waals surface area contributed by atoms with Crippen molar-refractivity contribution in [1.29, 1.82) is 0 Å². The van der Waals surface area contributed by atoms with Gasteiger partial charge in [0.2, 0.25) is 15.9 Å². The Hall–Kier alpha value is -2.95. The maximum Gasteiger partial charge on any atom is 0.258 e. The minimum Gasteiger partial charge on any atom is -0.488 e. The maximum absolute atomic E-state index is 13.5. The van der Waals surface area contributed by atoms with Crippen molar-refractivity contribution < 1.29 is 27.9 Å². The van der Waals surface area contributed by atoms with Crippen LogP contribution in [0.3, 0.4) is 0 Å². The molecule has 0 spiro atoms. The van der Waals surface area contributed by atoms with E-state index in [1.807, 2.05) is 6.92 Å². The molecule has 0 unspecified atom stereocenters. The molecule has 0 saturated heterocycles. The summed E-state index contributed by atoms with van der Waals surface area (Å²) >= 11 is 0. The highest BCUT2D eigenvalue weighted by atomic mass is 32.2. The van der Waals surface area contributed by atoms with Crippen LogP contribution in [0, 0.1) is 11.8 Å². The van der Waals surface area contributed by atoms with Crippen LogP contribution in [0.5, 0.6) is 5.75 Å².